The van der Waals surface area contributed by atoms with Crippen molar-refractivity contribution < 1.29 is 26.0 Å². The minimum absolute atomic E-state index is 0.0811. The van der Waals surface area contributed by atoms with E-state index in [1.165, 1.54) is 47.8 Å². The van der Waals surface area contributed by atoms with Crippen molar-refractivity contribution in [1.29, 1.82) is 0 Å². The van der Waals surface area contributed by atoms with Gasteiger partial charge in [0.2, 0.25) is 15.9 Å². The van der Waals surface area contributed by atoms with E-state index in [0.29, 0.717) is 0 Å². The molecule has 0 unspecified atom stereocenters. The maximum Gasteiger partial charge on any atom is 0.322 e. The number of nitrogens with zero attached hydrogens (tertiary/aromatic N) is 3. The first-order valence-corrected chi connectivity index (χ1v) is 13.9. The molecule has 1 amide bonds. The Bertz CT molecular complexity index is 1390. The standard InChI is InChI=1S/C23H28N4O6S2/c1-15(2)27(5)35(31,32)20-12-8-18(9-13-20)22(28)24-23-26-25-21(33-23)14-17-6-10-19(11-7-17)34(29,30)16(3)4/h6-13,15-16H,14H2,1-5H3,(H,24,26,28). The van der Waals surface area contributed by atoms with E-state index in [4.69, 9.17) is 4.42 Å². The van der Waals surface area contributed by atoms with Crippen LogP contribution < -0.4 is 5.32 Å². The first-order chi connectivity index (χ1) is 16.3. The monoisotopic (exact) mass is 520 g/mol. The zero-order chi connectivity index (χ0) is 26.0. The molecule has 12 heteroatoms. The van der Waals surface area contributed by atoms with E-state index in [2.05, 4.69) is 15.5 Å². The van der Waals surface area contributed by atoms with Gasteiger partial charge in [-0.05, 0) is 69.7 Å². The van der Waals surface area contributed by atoms with Crippen LogP contribution in [0.25, 0.3) is 0 Å². The molecule has 10 nitrogen and oxygen atoms in total. The minimum Gasteiger partial charge on any atom is -0.407 e. The van der Waals surface area contributed by atoms with E-state index in [-0.39, 0.29) is 39.7 Å². The number of hydrogen-bond donors (Lipinski definition) is 1. The number of sulfone groups is 1. The fourth-order valence-electron chi connectivity index (χ4n) is 3.01. The molecular weight excluding hydrogens is 492 g/mol. The third-order valence-electron chi connectivity index (χ3n) is 5.44. The van der Waals surface area contributed by atoms with Crippen LogP contribution in [-0.2, 0) is 26.3 Å². The molecule has 0 bridgehead atoms. The Morgan fingerprint density at radius 3 is 2.03 bits per heavy atom. The van der Waals surface area contributed by atoms with Gasteiger partial charge >= 0.3 is 6.01 Å². The summed E-state index contributed by atoms with van der Waals surface area (Å²) >= 11 is 0. The van der Waals surface area contributed by atoms with Crippen LogP contribution in [-0.4, -0.2) is 55.6 Å². The fraction of sp³-hybridized carbons (Fsp3) is 0.348. The van der Waals surface area contributed by atoms with Gasteiger partial charge in [0.15, 0.2) is 9.84 Å². The number of carbonyl (C=O) groups excluding carboxylic acids is 1. The summed E-state index contributed by atoms with van der Waals surface area (Å²) in [6.07, 6.45) is 0.251. The summed E-state index contributed by atoms with van der Waals surface area (Å²) in [5.74, 6) is -0.303. The first kappa shape index (κ1) is 26.5. The Hall–Kier alpha value is -3.09. The first-order valence-electron chi connectivity index (χ1n) is 10.9. The Morgan fingerprint density at radius 2 is 1.49 bits per heavy atom. The molecular formula is C23H28N4O6S2. The lowest BCUT2D eigenvalue weighted by Crippen LogP contribution is -2.33. The highest BCUT2D eigenvalue weighted by Crippen LogP contribution is 2.20. The van der Waals surface area contributed by atoms with Gasteiger partial charge in [0.25, 0.3) is 5.91 Å². The van der Waals surface area contributed by atoms with Crippen molar-refractivity contribution in [2.45, 2.75) is 55.2 Å². The number of hydrogen-bond acceptors (Lipinski definition) is 8. The van der Waals surface area contributed by atoms with Crippen LogP contribution in [0.4, 0.5) is 6.01 Å². The van der Waals surface area contributed by atoms with Gasteiger partial charge in [-0.1, -0.05) is 17.2 Å². The third kappa shape index (κ3) is 5.95. The second-order valence-corrected chi connectivity index (χ2v) is 13.0. The number of sulfonamides is 1. The van der Waals surface area contributed by atoms with Gasteiger partial charge in [-0.3, -0.25) is 10.1 Å². The average molecular weight is 521 g/mol. The SMILES string of the molecule is CC(C)N(C)S(=O)(=O)c1ccc(C(=O)Nc2nnc(Cc3ccc(S(=O)(=O)C(C)C)cc3)o2)cc1. The molecule has 1 heterocycles. The lowest BCUT2D eigenvalue weighted by molar-refractivity contribution is 0.102. The van der Waals surface area contributed by atoms with Crippen molar-refractivity contribution in [2.24, 2.45) is 0 Å². The molecule has 1 N–H and O–H groups in total. The van der Waals surface area contributed by atoms with Crippen LogP contribution in [0.15, 0.2) is 62.7 Å². The topological polar surface area (TPSA) is 140 Å². The Balaban J connectivity index is 1.65. The largest absolute Gasteiger partial charge is 0.407 e. The molecule has 35 heavy (non-hydrogen) atoms. The van der Waals surface area contributed by atoms with Crippen LogP contribution in [0.3, 0.4) is 0 Å². The highest BCUT2D eigenvalue weighted by Gasteiger charge is 2.23. The van der Waals surface area contributed by atoms with Gasteiger partial charge < -0.3 is 4.42 Å². The summed E-state index contributed by atoms with van der Waals surface area (Å²) in [7, 11) is -5.51. The molecule has 0 radical (unpaired) electrons. The maximum atomic E-state index is 12.6. The lowest BCUT2D eigenvalue weighted by Gasteiger charge is -2.20. The summed E-state index contributed by atoms with van der Waals surface area (Å²) in [5.41, 5.74) is 0.982. The van der Waals surface area contributed by atoms with Crippen molar-refractivity contribution in [3.63, 3.8) is 0 Å². The zero-order valence-corrected chi connectivity index (χ0v) is 21.7. The second kappa shape index (κ2) is 10.3. The molecule has 188 valence electrons. The van der Waals surface area contributed by atoms with Crippen LogP contribution >= 0.6 is 0 Å². The van der Waals surface area contributed by atoms with E-state index < -0.39 is 31.0 Å². The molecule has 0 spiro atoms. The van der Waals surface area contributed by atoms with Crippen LogP contribution in [0.2, 0.25) is 0 Å². The lowest BCUT2D eigenvalue weighted by atomic mass is 10.1. The molecule has 1 aromatic heterocycles. The summed E-state index contributed by atoms with van der Waals surface area (Å²) in [5, 5.41) is 9.69. The fourth-order valence-corrected chi connectivity index (χ4v) is 5.44. The van der Waals surface area contributed by atoms with Crippen LogP contribution in [0, 0.1) is 0 Å². The Kier molecular flexibility index (Phi) is 7.77. The van der Waals surface area contributed by atoms with Gasteiger partial charge in [0.05, 0.1) is 21.5 Å². The van der Waals surface area contributed by atoms with Crippen molar-refractivity contribution in [3.05, 3.63) is 65.5 Å². The Morgan fingerprint density at radius 1 is 0.914 bits per heavy atom. The van der Waals surface area contributed by atoms with E-state index in [1.807, 2.05) is 0 Å². The smallest absolute Gasteiger partial charge is 0.322 e. The minimum atomic E-state index is -3.65. The molecule has 0 fully saturated rings. The predicted molar refractivity (Wildman–Crippen MR) is 130 cm³/mol. The number of aromatic nitrogens is 2. The number of rotatable bonds is 9. The summed E-state index contributed by atoms with van der Waals surface area (Å²) < 4.78 is 56.3. The van der Waals surface area contributed by atoms with E-state index >= 15 is 0 Å². The second-order valence-electron chi connectivity index (χ2n) is 8.51. The van der Waals surface area contributed by atoms with Gasteiger partial charge in [0.1, 0.15) is 0 Å². The normalized spacial score (nSPS) is 12.5. The zero-order valence-electron chi connectivity index (χ0n) is 20.1. The summed E-state index contributed by atoms with van der Waals surface area (Å²) in [6, 6.07) is 11.6. The predicted octanol–water partition coefficient (Wildman–Crippen LogP) is 3.12. The van der Waals surface area contributed by atoms with Gasteiger partial charge in [-0.15, -0.1) is 5.10 Å². The molecule has 2 aromatic carbocycles. The molecule has 0 aliphatic carbocycles. The number of nitrogens with one attached hydrogen (secondary N) is 1. The molecule has 0 saturated carbocycles. The molecule has 0 atom stereocenters. The average Bonchev–Trinajstić information content (AvgIpc) is 3.25. The third-order valence-corrected chi connectivity index (χ3v) is 9.65. The molecule has 0 aliphatic rings. The van der Waals surface area contributed by atoms with Crippen molar-refractivity contribution >= 4 is 31.8 Å². The Labute approximate surface area is 205 Å². The maximum absolute atomic E-state index is 12.6. The van der Waals surface area contributed by atoms with E-state index in [0.717, 1.165) is 5.56 Å². The highest BCUT2D eigenvalue weighted by atomic mass is 32.2. The van der Waals surface area contributed by atoms with Crippen molar-refractivity contribution in [3.8, 4) is 0 Å². The number of benzene rings is 2. The summed E-state index contributed by atoms with van der Waals surface area (Å²) in [6.45, 7) is 6.78. The number of carbonyl (C=O) groups is 1. The van der Waals surface area contributed by atoms with Gasteiger partial charge in [-0.25, -0.2) is 16.8 Å². The van der Waals surface area contributed by atoms with Crippen LogP contribution in [0.1, 0.15) is 49.5 Å². The van der Waals surface area contributed by atoms with Gasteiger partial charge in [0, 0.05) is 18.7 Å². The molecule has 0 saturated heterocycles. The van der Waals surface area contributed by atoms with E-state index in [1.54, 1.807) is 39.8 Å². The van der Waals surface area contributed by atoms with Crippen molar-refractivity contribution in [2.75, 3.05) is 12.4 Å². The quantitative estimate of drug-likeness (QED) is 0.454. The molecule has 0 aliphatic heterocycles. The van der Waals surface area contributed by atoms with Gasteiger partial charge in [-0.2, -0.15) is 4.31 Å². The summed E-state index contributed by atoms with van der Waals surface area (Å²) in [4.78, 5) is 12.8. The molecule has 3 aromatic rings. The van der Waals surface area contributed by atoms with Crippen LogP contribution in [0.5, 0.6) is 0 Å². The number of anilines is 1. The number of amides is 1. The highest BCUT2D eigenvalue weighted by molar-refractivity contribution is 7.92. The van der Waals surface area contributed by atoms with Crippen molar-refractivity contribution in [1.82, 2.24) is 14.5 Å². The molecule has 3 rings (SSSR count). The van der Waals surface area contributed by atoms with E-state index in [9.17, 15) is 21.6 Å².